The summed E-state index contributed by atoms with van der Waals surface area (Å²) in [6, 6.07) is 11.0. The molecule has 0 spiro atoms. The van der Waals surface area contributed by atoms with Crippen LogP contribution in [0.25, 0.3) is 0 Å². The minimum Gasteiger partial charge on any atom is -0.465 e. The quantitative estimate of drug-likeness (QED) is 0.835. The molecule has 5 nitrogen and oxygen atoms in total. The lowest BCUT2D eigenvalue weighted by atomic mass is 10.1. The number of hydrogen-bond donors (Lipinski definition) is 1. The molecule has 0 saturated heterocycles. The Kier molecular flexibility index (Phi) is 5.28. The van der Waals surface area contributed by atoms with Gasteiger partial charge in [0, 0.05) is 0 Å². The first-order chi connectivity index (χ1) is 10.9. The molecule has 0 aliphatic rings. The van der Waals surface area contributed by atoms with Gasteiger partial charge in [0.15, 0.2) is 0 Å². The summed E-state index contributed by atoms with van der Waals surface area (Å²) in [5.74, 6) is -0.694. The average molecular weight is 354 g/mol. The Labute approximate surface area is 140 Å². The van der Waals surface area contributed by atoms with Crippen LogP contribution in [0.5, 0.6) is 0 Å². The molecule has 2 aromatic rings. The highest BCUT2D eigenvalue weighted by molar-refractivity contribution is 7.92. The van der Waals surface area contributed by atoms with Crippen LogP contribution in [-0.2, 0) is 21.2 Å². The maximum absolute atomic E-state index is 12.5. The van der Waals surface area contributed by atoms with Crippen LogP contribution in [0.3, 0.4) is 0 Å². The Morgan fingerprint density at radius 2 is 1.91 bits per heavy atom. The molecule has 0 radical (unpaired) electrons. The lowest BCUT2D eigenvalue weighted by molar-refractivity contribution is 0.0600. The van der Waals surface area contributed by atoms with Gasteiger partial charge in [0.1, 0.15) is 0 Å². The Hall–Kier alpha value is -2.05. The van der Waals surface area contributed by atoms with E-state index in [1.165, 1.54) is 25.3 Å². The summed E-state index contributed by atoms with van der Waals surface area (Å²) in [6.07, 6.45) is 0.687. The van der Waals surface area contributed by atoms with Gasteiger partial charge in [-0.15, -0.1) is 0 Å². The Morgan fingerprint density at radius 3 is 2.57 bits per heavy atom. The van der Waals surface area contributed by atoms with E-state index in [1.807, 2.05) is 19.1 Å². The zero-order valence-electron chi connectivity index (χ0n) is 12.7. The van der Waals surface area contributed by atoms with E-state index in [1.54, 1.807) is 12.1 Å². The number of benzene rings is 2. The summed E-state index contributed by atoms with van der Waals surface area (Å²) < 4.78 is 32.2. The van der Waals surface area contributed by atoms with Crippen molar-refractivity contribution < 1.29 is 17.9 Å². The third-order valence-corrected chi connectivity index (χ3v) is 4.99. The first-order valence-corrected chi connectivity index (χ1v) is 8.73. The van der Waals surface area contributed by atoms with Gasteiger partial charge in [-0.2, -0.15) is 0 Å². The number of hydrogen-bond acceptors (Lipinski definition) is 4. The number of carbonyl (C=O) groups excluding carboxylic acids is 1. The van der Waals surface area contributed by atoms with Crippen LogP contribution >= 0.6 is 11.6 Å². The third-order valence-electron chi connectivity index (χ3n) is 3.30. The molecule has 0 aliphatic heterocycles. The van der Waals surface area contributed by atoms with Gasteiger partial charge in [-0.05, 0) is 36.2 Å². The number of methoxy groups -OCH3 is 1. The molecule has 0 aromatic heterocycles. The van der Waals surface area contributed by atoms with Gasteiger partial charge >= 0.3 is 5.97 Å². The maximum atomic E-state index is 12.5. The van der Waals surface area contributed by atoms with Crippen molar-refractivity contribution in [2.45, 2.75) is 18.2 Å². The normalized spacial score (nSPS) is 11.1. The molecule has 0 bridgehead atoms. The Bertz CT molecular complexity index is 834. The molecule has 23 heavy (non-hydrogen) atoms. The molecule has 0 atom stereocenters. The van der Waals surface area contributed by atoms with Crippen molar-refractivity contribution in [3.05, 3.63) is 58.6 Å². The molecule has 0 amide bonds. The number of carbonyl (C=O) groups is 1. The van der Waals surface area contributed by atoms with Gasteiger partial charge in [0.25, 0.3) is 10.0 Å². The summed E-state index contributed by atoms with van der Waals surface area (Å²) in [4.78, 5) is 11.6. The fourth-order valence-electron chi connectivity index (χ4n) is 2.07. The SMILES string of the molecule is CCc1ccccc1NS(=O)(=O)c1ccc(Cl)c(C(=O)OC)c1. The van der Waals surface area contributed by atoms with Crippen LogP contribution in [0.4, 0.5) is 5.69 Å². The fraction of sp³-hybridized carbons (Fsp3) is 0.188. The van der Waals surface area contributed by atoms with Crippen molar-refractivity contribution >= 4 is 33.3 Å². The standard InChI is InChI=1S/C16H16ClNO4S/c1-3-11-6-4-5-7-15(11)18-23(20,21)12-8-9-14(17)13(10-12)16(19)22-2/h4-10,18H,3H2,1-2H3. The number of para-hydroxylation sites is 1. The van der Waals surface area contributed by atoms with E-state index in [0.717, 1.165) is 5.56 Å². The number of rotatable bonds is 5. The molecule has 0 unspecified atom stereocenters. The summed E-state index contributed by atoms with van der Waals surface area (Å²) in [7, 11) is -2.64. The average Bonchev–Trinajstić information content (AvgIpc) is 2.54. The molecule has 7 heteroatoms. The van der Waals surface area contributed by atoms with Crippen molar-refractivity contribution in [3.8, 4) is 0 Å². The number of sulfonamides is 1. The second-order valence-electron chi connectivity index (χ2n) is 4.75. The zero-order chi connectivity index (χ0) is 17.0. The van der Waals surface area contributed by atoms with Gasteiger partial charge < -0.3 is 4.74 Å². The molecule has 0 heterocycles. The van der Waals surface area contributed by atoms with E-state index < -0.39 is 16.0 Å². The molecule has 1 N–H and O–H groups in total. The highest BCUT2D eigenvalue weighted by Gasteiger charge is 2.20. The molecule has 0 aliphatic carbocycles. The van der Waals surface area contributed by atoms with E-state index in [4.69, 9.17) is 11.6 Å². The molecule has 2 rings (SSSR count). The van der Waals surface area contributed by atoms with E-state index in [9.17, 15) is 13.2 Å². The van der Waals surface area contributed by atoms with Crippen LogP contribution in [0, 0.1) is 0 Å². The fourth-order valence-corrected chi connectivity index (χ4v) is 3.39. The molecular weight excluding hydrogens is 338 g/mol. The third kappa shape index (κ3) is 3.83. The maximum Gasteiger partial charge on any atom is 0.339 e. The Balaban J connectivity index is 2.42. The van der Waals surface area contributed by atoms with Crippen molar-refractivity contribution in [2.24, 2.45) is 0 Å². The number of nitrogens with one attached hydrogen (secondary N) is 1. The Morgan fingerprint density at radius 1 is 1.22 bits per heavy atom. The monoisotopic (exact) mass is 353 g/mol. The first kappa shape index (κ1) is 17.3. The van der Waals surface area contributed by atoms with Gasteiger partial charge in [0.2, 0.25) is 0 Å². The molecule has 0 saturated carbocycles. The minimum absolute atomic E-state index is 0.000758. The molecule has 122 valence electrons. The van der Waals surface area contributed by atoms with Crippen molar-refractivity contribution in [1.82, 2.24) is 0 Å². The summed E-state index contributed by atoms with van der Waals surface area (Å²) >= 11 is 5.91. The topological polar surface area (TPSA) is 72.5 Å². The van der Waals surface area contributed by atoms with Crippen LogP contribution < -0.4 is 4.72 Å². The van der Waals surface area contributed by atoms with Crippen molar-refractivity contribution in [2.75, 3.05) is 11.8 Å². The lowest BCUT2D eigenvalue weighted by Gasteiger charge is -2.12. The van der Waals surface area contributed by atoms with Crippen molar-refractivity contribution in [3.63, 3.8) is 0 Å². The predicted molar refractivity (Wildman–Crippen MR) is 89.4 cm³/mol. The summed E-state index contributed by atoms with van der Waals surface area (Å²) in [5, 5.41) is 0.129. The van der Waals surface area contributed by atoms with Crippen LogP contribution in [0.15, 0.2) is 47.4 Å². The highest BCUT2D eigenvalue weighted by Crippen LogP contribution is 2.24. The molecule has 0 fully saturated rings. The van der Waals surface area contributed by atoms with Crippen molar-refractivity contribution in [1.29, 1.82) is 0 Å². The van der Waals surface area contributed by atoms with Gasteiger partial charge in [0.05, 0.1) is 28.3 Å². The van der Waals surface area contributed by atoms with Crippen LogP contribution in [0.1, 0.15) is 22.8 Å². The summed E-state index contributed by atoms with van der Waals surface area (Å²) in [6.45, 7) is 1.94. The number of esters is 1. The minimum atomic E-state index is -3.84. The van der Waals surface area contributed by atoms with Crippen LogP contribution in [-0.4, -0.2) is 21.5 Å². The van der Waals surface area contributed by atoms with Crippen LogP contribution in [0.2, 0.25) is 5.02 Å². The van der Waals surface area contributed by atoms with Gasteiger partial charge in [-0.3, -0.25) is 4.72 Å². The predicted octanol–water partition coefficient (Wildman–Crippen LogP) is 3.49. The van der Waals surface area contributed by atoms with Gasteiger partial charge in [-0.25, -0.2) is 13.2 Å². The second kappa shape index (κ2) is 7.02. The number of anilines is 1. The molecular formula is C16H16ClNO4S. The number of aryl methyl sites for hydroxylation is 1. The smallest absolute Gasteiger partial charge is 0.339 e. The lowest BCUT2D eigenvalue weighted by Crippen LogP contribution is -2.15. The van der Waals surface area contributed by atoms with E-state index in [0.29, 0.717) is 12.1 Å². The number of halogens is 1. The molecule has 2 aromatic carbocycles. The van der Waals surface area contributed by atoms with E-state index in [2.05, 4.69) is 9.46 Å². The largest absolute Gasteiger partial charge is 0.465 e. The highest BCUT2D eigenvalue weighted by atomic mass is 35.5. The second-order valence-corrected chi connectivity index (χ2v) is 6.84. The summed E-state index contributed by atoms with van der Waals surface area (Å²) in [5.41, 5.74) is 1.38. The number of ether oxygens (including phenoxy) is 1. The van der Waals surface area contributed by atoms with E-state index in [-0.39, 0.29) is 15.5 Å². The first-order valence-electron chi connectivity index (χ1n) is 6.87. The zero-order valence-corrected chi connectivity index (χ0v) is 14.2. The van der Waals surface area contributed by atoms with E-state index >= 15 is 0 Å². The van der Waals surface area contributed by atoms with Gasteiger partial charge in [-0.1, -0.05) is 36.7 Å².